The van der Waals surface area contributed by atoms with Gasteiger partial charge in [0, 0.05) is 68.8 Å². The number of phosphoric ester groups is 1. The number of quaternary nitrogens is 1. The summed E-state index contributed by atoms with van der Waals surface area (Å²) in [7, 11) is -4.94. The molecule has 6 N–H and O–H groups in total. The Hall–Kier alpha value is -4.85. The number of rotatable bonds is 28. The maximum Gasteiger partial charge on any atom is 0.472 e. The number of benzene rings is 4. The molecule has 1 fully saturated rings. The molecule has 0 aliphatic carbocycles. The number of nitrogens with one attached hydrogen (secondary N) is 3. The van der Waals surface area contributed by atoms with Gasteiger partial charge >= 0.3 is 7.82 Å². The third-order valence-corrected chi connectivity index (χ3v) is 14.5. The molecular weight excluding hydrogens is 913 g/mol. The van der Waals surface area contributed by atoms with Crippen LogP contribution in [-0.2, 0) is 36.8 Å². The summed E-state index contributed by atoms with van der Waals surface area (Å²) in [5, 5.41) is 20.6. The maximum atomic E-state index is 13.8. The van der Waals surface area contributed by atoms with Crippen molar-refractivity contribution in [3.05, 3.63) is 132 Å². The van der Waals surface area contributed by atoms with Crippen LogP contribution in [0.15, 0.2) is 114 Å². The molecule has 68 heavy (non-hydrogen) atoms. The van der Waals surface area contributed by atoms with Crippen molar-refractivity contribution in [3.63, 3.8) is 0 Å². The number of halogens is 1. The van der Waals surface area contributed by atoms with Crippen LogP contribution in [0.2, 0.25) is 0 Å². The van der Waals surface area contributed by atoms with Gasteiger partial charge in [-0.15, -0.1) is 0 Å². The van der Waals surface area contributed by atoms with Gasteiger partial charge in [-0.1, -0.05) is 49.2 Å². The van der Waals surface area contributed by atoms with Crippen molar-refractivity contribution in [1.29, 1.82) is 0 Å². The Morgan fingerprint density at radius 3 is 2.26 bits per heavy atom. The van der Waals surface area contributed by atoms with Gasteiger partial charge in [0.1, 0.15) is 23.9 Å². The highest BCUT2D eigenvalue weighted by Gasteiger charge is 2.37. The number of aromatic nitrogens is 2. The van der Waals surface area contributed by atoms with Gasteiger partial charge in [0.2, 0.25) is 16.0 Å². The number of hydrogen-bond acceptors (Lipinski definition) is 12. The third-order valence-electron chi connectivity index (χ3n) is 12.1. The van der Waals surface area contributed by atoms with E-state index in [0.29, 0.717) is 72.0 Å². The summed E-state index contributed by atoms with van der Waals surface area (Å²) in [6, 6.07) is 29.6. The zero-order valence-electron chi connectivity index (χ0n) is 38.9. The highest BCUT2D eigenvalue weighted by molar-refractivity contribution is 7.89. The number of phosphoric acid groups is 1. The molecule has 368 valence electrons. The van der Waals surface area contributed by atoms with Gasteiger partial charge in [0.25, 0.3) is 0 Å². The number of likely N-dealkylation sites (tertiary alicyclic amines) is 1. The van der Waals surface area contributed by atoms with Crippen LogP contribution in [0.1, 0.15) is 74.2 Å². The van der Waals surface area contributed by atoms with E-state index in [9.17, 15) is 32.3 Å². The summed E-state index contributed by atoms with van der Waals surface area (Å²) in [4.78, 5) is 27.4. The number of sulfonamides is 1. The number of ether oxygens (including phenoxy) is 2. The highest BCUT2D eigenvalue weighted by atomic mass is 32.2. The van der Waals surface area contributed by atoms with Gasteiger partial charge in [0.15, 0.2) is 6.79 Å². The first-order chi connectivity index (χ1) is 32.7. The molecule has 4 aromatic carbocycles. The van der Waals surface area contributed by atoms with Crippen LogP contribution in [0.4, 0.5) is 27.5 Å². The summed E-state index contributed by atoms with van der Waals surface area (Å²) in [5.41, 5.74) is 3.96. The molecule has 5 aromatic rings. The SMILES string of the molecule is CN(C1CC[N+](C)(Cc2ccc(C(O)CNCCCCCCOCCCCc3ccccc3)cc2OCOP(=O)(O)O)CC1)S(=O)(=O)c1ccc(Nc2nccc(Nc3ccc(F)cc3)n2)cc1. The topological polar surface area (TPSA) is 205 Å². The predicted octanol–water partition coefficient (Wildman–Crippen LogP) is 8.20. The number of unbranched alkanes of at least 4 members (excludes halogenated alkanes) is 4. The molecule has 16 nitrogen and oxygen atoms in total. The van der Waals surface area contributed by atoms with Crippen LogP contribution in [-0.4, -0.2) is 108 Å². The molecule has 1 aliphatic rings. The minimum absolute atomic E-state index is 0.149. The first-order valence-corrected chi connectivity index (χ1v) is 26.1. The van der Waals surface area contributed by atoms with Crippen molar-refractivity contribution in [2.24, 2.45) is 0 Å². The minimum Gasteiger partial charge on any atom is -0.466 e. The summed E-state index contributed by atoms with van der Waals surface area (Å²) >= 11 is 0. The Balaban J connectivity index is 0.941. The van der Waals surface area contributed by atoms with Gasteiger partial charge < -0.3 is 44.8 Å². The van der Waals surface area contributed by atoms with E-state index in [4.69, 9.17) is 9.47 Å². The Kier molecular flexibility index (Phi) is 19.8. The lowest BCUT2D eigenvalue weighted by atomic mass is 10.0. The standard InChI is InChI=1S/C49H65FN7O9PS/c1-56(68(62,63)45-23-21-43(22-24-45)54-49-52-29-25-48(55-49)53-42-19-17-41(50)18-20-42)44-26-30-57(2,31-27-44)36-40-16-15-39(34-47(40)65-37-66-67(59,60)61)46(58)35-51-28-9-3-4-10-32-64-33-11-8-14-38-12-6-5-7-13-38/h5-7,12-13,15-25,29,34,44,46,51,58H,3-4,8-11,14,26-28,30-33,35-37H2,1-2H3,(H3-,52,53,54,55,59,60,61)/p+1. The molecule has 2 heterocycles. The van der Waals surface area contributed by atoms with E-state index >= 15 is 0 Å². The van der Waals surface area contributed by atoms with Gasteiger partial charge in [-0.2, -0.15) is 9.29 Å². The van der Waals surface area contributed by atoms with E-state index in [-0.39, 0.29) is 22.7 Å². The largest absolute Gasteiger partial charge is 0.472 e. The quantitative estimate of drug-likeness (QED) is 0.0121. The Labute approximate surface area is 399 Å². The van der Waals surface area contributed by atoms with Crippen molar-refractivity contribution in [2.75, 3.05) is 70.9 Å². The lowest BCUT2D eigenvalue weighted by molar-refractivity contribution is -0.927. The molecule has 0 saturated carbocycles. The molecule has 1 aliphatic heterocycles. The molecule has 6 rings (SSSR count). The molecular formula is C49H66FN7O9PS+. The number of hydrogen-bond donors (Lipinski definition) is 6. The first-order valence-electron chi connectivity index (χ1n) is 23.2. The van der Waals surface area contributed by atoms with Crippen molar-refractivity contribution in [3.8, 4) is 5.75 Å². The highest BCUT2D eigenvalue weighted by Crippen LogP contribution is 2.37. The number of anilines is 4. The van der Waals surface area contributed by atoms with Crippen LogP contribution in [0.3, 0.4) is 0 Å². The fourth-order valence-electron chi connectivity index (χ4n) is 8.13. The molecule has 1 atom stereocenters. The molecule has 1 aromatic heterocycles. The number of nitrogens with zero attached hydrogens (tertiary/aromatic N) is 4. The van der Waals surface area contributed by atoms with Crippen molar-refractivity contribution in [2.45, 2.75) is 81.4 Å². The number of aliphatic hydroxyl groups is 1. The number of piperidine rings is 1. The average molecular weight is 979 g/mol. The fourth-order valence-corrected chi connectivity index (χ4v) is 9.73. The summed E-state index contributed by atoms with van der Waals surface area (Å²) < 4.78 is 70.6. The van der Waals surface area contributed by atoms with E-state index in [1.54, 1.807) is 61.8 Å². The predicted molar refractivity (Wildman–Crippen MR) is 261 cm³/mol. The molecule has 19 heteroatoms. The summed E-state index contributed by atoms with van der Waals surface area (Å²) in [5.74, 6) is 0.779. The monoisotopic (exact) mass is 978 g/mol. The van der Waals surface area contributed by atoms with Crippen LogP contribution >= 0.6 is 7.82 Å². The molecule has 1 unspecified atom stereocenters. The van der Waals surface area contributed by atoms with Gasteiger partial charge in [-0.05, 0) is 117 Å². The van der Waals surface area contributed by atoms with Gasteiger partial charge in [-0.3, -0.25) is 0 Å². The zero-order chi connectivity index (χ0) is 48.4. The Bertz CT molecular complexity index is 2460. The number of aliphatic hydroxyl groups excluding tert-OH is 1. The Morgan fingerprint density at radius 2 is 1.54 bits per heavy atom. The molecule has 0 amide bonds. The molecule has 0 bridgehead atoms. The van der Waals surface area contributed by atoms with E-state index < -0.39 is 30.7 Å². The molecule has 0 radical (unpaired) electrons. The van der Waals surface area contributed by atoms with Crippen molar-refractivity contribution < 1.29 is 50.7 Å². The van der Waals surface area contributed by atoms with E-state index in [1.807, 2.05) is 18.2 Å². The molecule has 0 spiro atoms. The maximum absolute atomic E-state index is 13.8. The van der Waals surface area contributed by atoms with Crippen molar-refractivity contribution in [1.82, 2.24) is 19.6 Å². The van der Waals surface area contributed by atoms with E-state index in [1.165, 1.54) is 22.0 Å². The lowest BCUT2D eigenvalue weighted by Gasteiger charge is -2.42. The molecule has 1 saturated heterocycles. The second kappa shape index (κ2) is 25.7. The van der Waals surface area contributed by atoms with E-state index in [0.717, 1.165) is 70.3 Å². The fraction of sp³-hybridized carbons (Fsp3) is 0.429. The second-order valence-electron chi connectivity index (χ2n) is 17.5. The smallest absolute Gasteiger partial charge is 0.466 e. The lowest BCUT2D eigenvalue weighted by Crippen LogP contribution is -2.53. The Morgan fingerprint density at radius 1 is 0.868 bits per heavy atom. The number of aryl methyl sites for hydroxylation is 1. The second-order valence-corrected chi connectivity index (χ2v) is 20.7. The third kappa shape index (κ3) is 17.0. The van der Waals surface area contributed by atoms with Crippen LogP contribution < -0.4 is 20.7 Å². The normalized spacial score (nSPS) is 17.0. The van der Waals surface area contributed by atoms with Gasteiger partial charge in [0.05, 0.1) is 31.1 Å². The zero-order valence-corrected chi connectivity index (χ0v) is 40.6. The van der Waals surface area contributed by atoms with Gasteiger partial charge in [-0.25, -0.2) is 26.9 Å². The average Bonchev–Trinajstić information content (AvgIpc) is 3.32. The van der Waals surface area contributed by atoms with Crippen LogP contribution in [0.5, 0.6) is 5.75 Å². The van der Waals surface area contributed by atoms with Crippen LogP contribution in [0, 0.1) is 5.82 Å². The summed E-state index contributed by atoms with van der Waals surface area (Å²) in [6.45, 7) is 3.73. The van der Waals surface area contributed by atoms with E-state index in [2.05, 4.69) is 61.8 Å². The summed E-state index contributed by atoms with van der Waals surface area (Å²) in [6.07, 6.45) is 9.27. The first kappa shape index (κ1) is 52.5. The minimum atomic E-state index is -4.79. The van der Waals surface area contributed by atoms with Crippen LogP contribution in [0.25, 0.3) is 0 Å². The van der Waals surface area contributed by atoms with Crippen molar-refractivity contribution >= 4 is 41.0 Å².